The van der Waals surface area contributed by atoms with Gasteiger partial charge in [0.2, 0.25) is 0 Å². The van der Waals surface area contributed by atoms with Gasteiger partial charge in [-0.25, -0.2) is 9.97 Å². The molecule has 0 aliphatic rings. The van der Waals surface area contributed by atoms with Crippen LogP contribution in [0.1, 0.15) is 0 Å². The zero-order valence-electron chi connectivity index (χ0n) is 11.2. The molecule has 22 heavy (non-hydrogen) atoms. The molecule has 0 fully saturated rings. The second-order valence-electron chi connectivity index (χ2n) is 4.73. The molecule has 0 bridgehead atoms. The average Bonchev–Trinajstić information content (AvgIpc) is 3.21. The zero-order valence-corrected chi connectivity index (χ0v) is 11.2. The lowest BCUT2D eigenvalue weighted by Crippen LogP contribution is -2.29. The van der Waals surface area contributed by atoms with Crippen molar-refractivity contribution in [3.8, 4) is 11.4 Å². The molecule has 8 nitrogen and oxygen atoms in total. The van der Waals surface area contributed by atoms with Gasteiger partial charge in [-0.1, -0.05) is 0 Å². The molecular formula is C14H10N6O2. The summed E-state index contributed by atoms with van der Waals surface area (Å²) in [4.78, 5) is 36.3. The standard InChI is InChI=1S/C14H10N6O2/c21-13-14(22)18-10-6-12(20-4-2-16-8-20)11(5-9(10)17-13)19-3-1-15-7-19/h1-8H,(H,17,21)(H,18,22). The lowest BCUT2D eigenvalue weighted by molar-refractivity contribution is 0.984. The van der Waals surface area contributed by atoms with Crippen molar-refractivity contribution in [2.24, 2.45) is 0 Å². The number of nitrogens with one attached hydrogen (secondary N) is 2. The fourth-order valence-corrected chi connectivity index (χ4v) is 2.36. The van der Waals surface area contributed by atoms with E-state index in [1.54, 1.807) is 49.6 Å². The maximum Gasteiger partial charge on any atom is 0.314 e. The summed E-state index contributed by atoms with van der Waals surface area (Å²) >= 11 is 0. The van der Waals surface area contributed by atoms with E-state index in [1.807, 2.05) is 9.13 Å². The summed E-state index contributed by atoms with van der Waals surface area (Å²) in [6, 6.07) is 3.56. The second kappa shape index (κ2) is 4.55. The van der Waals surface area contributed by atoms with Crippen LogP contribution in [0, 0.1) is 0 Å². The van der Waals surface area contributed by atoms with Gasteiger partial charge in [-0.2, -0.15) is 0 Å². The highest BCUT2D eigenvalue weighted by molar-refractivity contribution is 5.81. The van der Waals surface area contributed by atoms with Crippen LogP contribution in [-0.2, 0) is 0 Å². The molecule has 3 aromatic heterocycles. The van der Waals surface area contributed by atoms with Crippen molar-refractivity contribution in [2.45, 2.75) is 0 Å². The van der Waals surface area contributed by atoms with Gasteiger partial charge in [0.05, 0.1) is 35.1 Å². The number of hydrogen-bond donors (Lipinski definition) is 2. The first-order chi connectivity index (χ1) is 10.7. The molecule has 2 N–H and O–H groups in total. The second-order valence-corrected chi connectivity index (χ2v) is 4.73. The van der Waals surface area contributed by atoms with Crippen molar-refractivity contribution in [1.29, 1.82) is 0 Å². The van der Waals surface area contributed by atoms with Gasteiger partial charge in [0.1, 0.15) is 0 Å². The van der Waals surface area contributed by atoms with Crippen LogP contribution in [-0.4, -0.2) is 29.1 Å². The molecule has 0 saturated heterocycles. The molecule has 0 radical (unpaired) electrons. The summed E-state index contributed by atoms with van der Waals surface area (Å²) in [7, 11) is 0. The van der Waals surface area contributed by atoms with Gasteiger partial charge in [-0.15, -0.1) is 0 Å². The largest absolute Gasteiger partial charge is 0.316 e. The Bertz CT molecular complexity index is 970. The fourth-order valence-electron chi connectivity index (χ4n) is 2.36. The molecule has 8 heteroatoms. The van der Waals surface area contributed by atoms with Gasteiger partial charge in [-0.3, -0.25) is 9.59 Å². The molecule has 0 saturated carbocycles. The van der Waals surface area contributed by atoms with E-state index in [0.717, 1.165) is 11.4 Å². The third-order valence-electron chi connectivity index (χ3n) is 3.38. The van der Waals surface area contributed by atoms with E-state index < -0.39 is 11.1 Å². The molecule has 0 atom stereocenters. The molecular weight excluding hydrogens is 284 g/mol. The molecule has 0 unspecified atom stereocenters. The number of benzene rings is 1. The van der Waals surface area contributed by atoms with Gasteiger partial charge in [0.25, 0.3) is 0 Å². The Morgan fingerprint density at radius 1 is 0.773 bits per heavy atom. The van der Waals surface area contributed by atoms with Crippen molar-refractivity contribution in [2.75, 3.05) is 0 Å². The van der Waals surface area contributed by atoms with Gasteiger partial charge in [0, 0.05) is 24.8 Å². The fraction of sp³-hybridized carbons (Fsp3) is 0. The van der Waals surface area contributed by atoms with Crippen LogP contribution >= 0.6 is 0 Å². The zero-order chi connectivity index (χ0) is 15.1. The molecule has 108 valence electrons. The van der Waals surface area contributed by atoms with E-state index in [1.165, 1.54) is 0 Å². The highest BCUT2D eigenvalue weighted by atomic mass is 16.2. The summed E-state index contributed by atoms with van der Waals surface area (Å²) < 4.78 is 3.64. The Balaban J connectivity index is 2.11. The van der Waals surface area contributed by atoms with Gasteiger partial charge < -0.3 is 19.1 Å². The number of aromatic nitrogens is 6. The van der Waals surface area contributed by atoms with Crippen LogP contribution in [0.3, 0.4) is 0 Å². The van der Waals surface area contributed by atoms with Gasteiger partial charge in [-0.05, 0) is 12.1 Å². The predicted octanol–water partition coefficient (Wildman–Crippen LogP) is 0.588. The Hall–Kier alpha value is -3.42. The van der Waals surface area contributed by atoms with Crippen LogP contribution in [0.25, 0.3) is 22.4 Å². The maximum atomic E-state index is 11.5. The summed E-state index contributed by atoms with van der Waals surface area (Å²) in [5, 5.41) is 0. The molecule has 4 aromatic rings. The number of rotatable bonds is 2. The number of nitrogens with zero attached hydrogens (tertiary/aromatic N) is 4. The average molecular weight is 294 g/mol. The molecule has 1 aromatic carbocycles. The van der Waals surface area contributed by atoms with Crippen LogP contribution in [0.2, 0.25) is 0 Å². The Morgan fingerprint density at radius 3 is 1.59 bits per heavy atom. The topological polar surface area (TPSA) is 101 Å². The highest BCUT2D eigenvalue weighted by Crippen LogP contribution is 2.23. The SMILES string of the molecule is O=c1[nH]c2cc(-n3ccnc3)c(-n3ccnc3)cc2[nH]c1=O. The predicted molar refractivity (Wildman–Crippen MR) is 79.4 cm³/mol. The Morgan fingerprint density at radius 2 is 1.23 bits per heavy atom. The van der Waals surface area contributed by atoms with Crippen LogP contribution in [0.5, 0.6) is 0 Å². The minimum atomic E-state index is -0.681. The summed E-state index contributed by atoms with van der Waals surface area (Å²) in [5.41, 5.74) is 1.31. The first-order valence-electron chi connectivity index (χ1n) is 6.49. The van der Waals surface area contributed by atoms with Crippen LogP contribution in [0.4, 0.5) is 0 Å². The Labute approximate surface area is 122 Å². The quantitative estimate of drug-likeness (QED) is 0.528. The van der Waals surface area contributed by atoms with E-state index in [4.69, 9.17) is 0 Å². The molecule has 0 aliphatic heterocycles. The number of H-pyrrole nitrogens is 2. The van der Waals surface area contributed by atoms with Gasteiger partial charge >= 0.3 is 11.1 Å². The van der Waals surface area contributed by atoms with E-state index >= 15 is 0 Å². The molecule has 3 heterocycles. The maximum absolute atomic E-state index is 11.5. The van der Waals surface area contributed by atoms with Crippen LogP contribution in [0.15, 0.2) is 59.2 Å². The summed E-state index contributed by atoms with van der Waals surface area (Å²) in [6.07, 6.45) is 10.2. The number of imidazole rings is 2. The third-order valence-corrected chi connectivity index (χ3v) is 3.38. The number of aromatic amines is 2. The highest BCUT2D eigenvalue weighted by Gasteiger charge is 2.10. The van der Waals surface area contributed by atoms with E-state index in [-0.39, 0.29) is 0 Å². The normalized spacial score (nSPS) is 11.1. The lowest BCUT2D eigenvalue weighted by Gasteiger charge is -2.12. The molecule has 0 amide bonds. The van der Waals surface area contributed by atoms with E-state index in [2.05, 4.69) is 19.9 Å². The van der Waals surface area contributed by atoms with Crippen LogP contribution < -0.4 is 11.1 Å². The monoisotopic (exact) mass is 294 g/mol. The minimum Gasteiger partial charge on any atom is -0.316 e. The van der Waals surface area contributed by atoms with E-state index in [9.17, 15) is 9.59 Å². The lowest BCUT2D eigenvalue weighted by atomic mass is 10.2. The van der Waals surface area contributed by atoms with Crippen molar-refractivity contribution in [1.82, 2.24) is 29.1 Å². The molecule has 0 spiro atoms. The van der Waals surface area contributed by atoms with Crippen molar-refractivity contribution >= 4 is 11.0 Å². The van der Waals surface area contributed by atoms with Gasteiger partial charge in [0.15, 0.2) is 0 Å². The number of hydrogen-bond acceptors (Lipinski definition) is 4. The van der Waals surface area contributed by atoms with Crippen molar-refractivity contribution in [3.63, 3.8) is 0 Å². The van der Waals surface area contributed by atoms with Crippen molar-refractivity contribution in [3.05, 3.63) is 70.3 Å². The first kappa shape index (κ1) is 12.3. The summed E-state index contributed by atoms with van der Waals surface area (Å²) in [5.74, 6) is 0. The summed E-state index contributed by atoms with van der Waals surface area (Å²) in [6.45, 7) is 0. The Kier molecular flexibility index (Phi) is 2.55. The molecule has 0 aliphatic carbocycles. The molecule has 4 rings (SSSR count). The van der Waals surface area contributed by atoms with Crippen molar-refractivity contribution < 1.29 is 0 Å². The third kappa shape index (κ3) is 1.85. The van der Waals surface area contributed by atoms with E-state index in [0.29, 0.717) is 11.0 Å². The first-order valence-corrected chi connectivity index (χ1v) is 6.49. The smallest absolute Gasteiger partial charge is 0.314 e. The number of fused-ring (bicyclic) bond motifs is 1. The minimum absolute atomic E-state index is 0.539.